The van der Waals surface area contributed by atoms with E-state index in [2.05, 4.69) is 10.6 Å². The van der Waals surface area contributed by atoms with Crippen LogP contribution >= 0.6 is 0 Å². The van der Waals surface area contributed by atoms with Crippen LogP contribution in [0.25, 0.3) is 0 Å². The Bertz CT molecular complexity index is 612. The lowest BCUT2D eigenvalue weighted by atomic mass is 9.89. The van der Waals surface area contributed by atoms with Crippen LogP contribution in [0.3, 0.4) is 0 Å². The lowest BCUT2D eigenvalue weighted by molar-refractivity contribution is -0.141. The maximum absolute atomic E-state index is 12.3. The average Bonchev–Trinajstić information content (AvgIpc) is 2.43. The quantitative estimate of drug-likeness (QED) is 0.806. The molecule has 1 unspecified atom stereocenters. The number of esters is 1. The molecule has 0 aliphatic carbocycles. The zero-order valence-electron chi connectivity index (χ0n) is 12.9. The molecule has 0 saturated carbocycles. The van der Waals surface area contributed by atoms with Crippen molar-refractivity contribution in [3.63, 3.8) is 0 Å². The minimum atomic E-state index is -1.30. The molecule has 0 bridgehead atoms. The Balaban J connectivity index is 2.04. The summed E-state index contributed by atoms with van der Waals surface area (Å²) in [5, 5.41) is 5.20. The van der Waals surface area contributed by atoms with Crippen LogP contribution in [0.5, 0.6) is 0 Å². The van der Waals surface area contributed by atoms with Crippen molar-refractivity contribution in [2.45, 2.75) is 38.8 Å². The molecule has 6 heteroatoms. The summed E-state index contributed by atoms with van der Waals surface area (Å²) in [6.07, 6.45) is 0.284. The third kappa shape index (κ3) is 3.44. The van der Waals surface area contributed by atoms with E-state index >= 15 is 0 Å². The summed E-state index contributed by atoms with van der Waals surface area (Å²) in [6.45, 7) is 5.07. The molecule has 1 aliphatic rings. The number of carbonyl (C=O) groups is 3. The molecular weight excluding hydrogens is 284 g/mol. The van der Waals surface area contributed by atoms with Crippen molar-refractivity contribution in [2.24, 2.45) is 0 Å². The fraction of sp³-hybridized carbons (Fsp3) is 0.438. The van der Waals surface area contributed by atoms with Crippen molar-refractivity contribution in [1.82, 2.24) is 10.6 Å². The van der Waals surface area contributed by atoms with Gasteiger partial charge in [0.25, 0.3) is 5.91 Å². The number of ether oxygens (including phenoxy) is 1. The maximum atomic E-state index is 12.3. The standard InChI is InChI=1S/C16H20N2O4/c1-10(2)18-13(19)9-17-15(21)16(3)8-11-6-4-5-7-12(11)14(20)22-16/h4-7,10H,8-9H2,1-3H3,(H,17,21)(H,18,19). The van der Waals surface area contributed by atoms with Gasteiger partial charge >= 0.3 is 5.97 Å². The molecule has 1 aromatic carbocycles. The molecule has 1 heterocycles. The van der Waals surface area contributed by atoms with Gasteiger partial charge in [0.15, 0.2) is 5.60 Å². The molecule has 2 N–H and O–H groups in total. The van der Waals surface area contributed by atoms with E-state index in [1.54, 1.807) is 25.1 Å². The highest BCUT2D eigenvalue weighted by molar-refractivity contribution is 5.98. The third-order valence-electron chi connectivity index (χ3n) is 3.42. The molecule has 1 aromatic rings. The average molecular weight is 304 g/mol. The Kier molecular flexibility index (Phi) is 4.49. The second-order valence-corrected chi connectivity index (χ2v) is 5.86. The lowest BCUT2D eigenvalue weighted by Gasteiger charge is -2.32. The first kappa shape index (κ1) is 16.0. The summed E-state index contributed by atoms with van der Waals surface area (Å²) in [4.78, 5) is 35.9. The number of carbonyl (C=O) groups excluding carboxylic acids is 3. The first-order valence-electron chi connectivity index (χ1n) is 7.21. The van der Waals surface area contributed by atoms with Crippen molar-refractivity contribution in [1.29, 1.82) is 0 Å². The van der Waals surface area contributed by atoms with Crippen molar-refractivity contribution in [3.05, 3.63) is 35.4 Å². The second-order valence-electron chi connectivity index (χ2n) is 5.86. The molecule has 6 nitrogen and oxygen atoms in total. The number of rotatable bonds is 4. The van der Waals surface area contributed by atoms with Crippen LogP contribution in [0.2, 0.25) is 0 Å². The van der Waals surface area contributed by atoms with Gasteiger partial charge in [0.2, 0.25) is 5.91 Å². The van der Waals surface area contributed by atoms with Gasteiger partial charge in [-0.25, -0.2) is 4.79 Å². The molecule has 2 amide bonds. The van der Waals surface area contributed by atoms with E-state index in [4.69, 9.17) is 4.74 Å². The second kappa shape index (κ2) is 6.17. The van der Waals surface area contributed by atoms with Crippen LogP contribution in [0, 0.1) is 0 Å². The van der Waals surface area contributed by atoms with Gasteiger partial charge in [-0.1, -0.05) is 18.2 Å². The monoisotopic (exact) mass is 304 g/mol. The Labute approximate surface area is 129 Å². The van der Waals surface area contributed by atoms with Gasteiger partial charge in [-0.2, -0.15) is 0 Å². The summed E-state index contributed by atoms with van der Waals surface area (Å²) in [7, 11) is 0. The minimum absolute atomic E-state index is 0.000580. The van der Waals surface area contributed by atoms with Crippen LogP contribution in [0.1, 0.15) is 36.7 Å². The smallest absolute Gasteiger partial charge is 0.339 e. The highest BCUT2D eigenvalue weighted by Gasteiger charge is 2.42. The fourth-order valence-electron chi connectivity index (χ4n) is 2.38. The van der Waals surface area contributed by atoms with E-state index < -0.39 is 17.5 Å². The van der Waals surface area contributed by atoms with E-state index in [1.165, 1.54) is 0 Å². The molecule has 118 valence electrons. The molecule has 0 aromatic heterocycles. The van der Waals surface area contributed by atoms with Crippen LogP contribution < -0.4 is 10.6 Å². The molecule has 22 heavy (non-hydrogen) atoms. The molecule has 0 spiro atoms. The van der Waals surface area contributed by atoms with E-state index in [-0.39, 0.29) is 24.9 Å². The predicted octanol–water partition coefficient (Wildman–Crippen LogP) is 0.799. The van der Waals surface area contributed by atoms with Gasteiger partial charge in [0.05, 0.1) is 12.1 Å². The lowest BCUT2D eigenvalue weighted by Crippen LogP contribution is -2.53. The summed E-state index contributed by atoms with van der Waals surface area (Å²) in [5.74, 6) is -1.28. The Morgan fingerprint density at radius 3 is 2.68 bits per heavy atom. The van der Waals surface area contributed by atoms with Crippen molar-refractivity contribution in [2.75, 3.05) is 6.54 Å². The van der Waals surface area contributed by atoms with Crippen LogP contribution in [-0.2, 0) is 20.7 Å². The van der Waals surface area contributed by atoms with Crippen LogP contribution in [0.4, 0.5) is 0 Å². The number of cyclic esters (lactones) is 1. The first-order valence-corrected chi connectivity index (χ1v) is 7.21. The van der Waals surface area contributed by atoms with Gasteiger partial charge in [-0.05, 0) is 32.4 Å². The number of amides is 2. The Hall–Kier alpha value is -2.37. The molecule has 1 aliphatic heterocycles. The Morgan fingerprint density at radius 1 is 1.32 bits per heavy atom. The number of fused-ring (bicyclic) bond motifs is 1. The van der Waals surface area contributed by atoms with E-state index in [0.717, 1.165) is 5.56 Å². The van der Waals surface area contributed by atoms with Gasteiger partial charge in [0, 0.05) is 12.5 Å². The van der Waals surface area contributed by atoms with Gasteiger partial charge in [-0.3, -0.25) is 9.59 Å². The van der Waals surface area contributed by atoms with Crippen molar-refractivity contribution >= 4 is 17.8 Å². The molecule has 0 saturated heterocycles. The van der Waals surface area contributed by atoms with Crippen LogP contribution in [-0.4, -0.2) is 36.0 Å². The molecule has 0 radical (unpaired) electrons. The molecule has 0 fully saturated rings. The highest BCUT2D eigenvalue weighted by atomic mass is 16.6. The fourth-order valence-corrected chi connectivity index (χ4v) is 2.38. The zero-order valence-corrected chi connectivity index (χ0v) is 12.9. The predicted molar refractivity (Wildman–Crippen MR) is 80.3 cm³/mol. The number of hydrogen-bond acceptors (Lipinski definition) is 4. The molecule has 1 atom stereocenters. The van der Waals surface area contributed by atoms with Gasteiger partial charge in [0.1, 0.15) is 0 Å². The van der Waals surface area contributed by atoms with Gasteiger partial charge in [-0.15, -0.1) is 0 Å². The largest absolute Gasteiger partial charge is 0.445 e. The summed E-state index contributed by atoms with van der Waals surface area (Å²) in [6, 6.07) is 7.03. The SMILES string of the molecule is CC(C)NC(=O)CNC(=O)C1(C)Cc2ccccc2C(=O)O1. The van der Waals surface area contributed by atoms with Gasteiger partial charge < -0.3 is 15.4 Å². The molecular formula is C16H20N2O4. The Morgan fingerprint density at radius 2 is 2.00 bits per heavy atom. The van der Waals surface area contributed by atoms with E-state index in [1.807, 2.05) is 19.9 Å². The summed E-state index contributed by atoms with van der Waals surface area (Å²) >= 11 is 0. The van der Waals surface area contributed by atoms with E-state index in [0.29, 0.717) is 5.56 Å². The number of benzene rings is 1. The van der Waals surface area contributed by atoms with Crippen molar-refractivity contribution < 1.29 is 19.1 Å². The summed E-state index contributed by atoms with van der Waals surface area (Å²) in [5.41, 5.74) is -0.0582. The minimum Gasteiger partial charge on any atom is -0.445 e. The molecule has 2 rings (SSSR count). The van der Waals surface area contributed by atoms with Crippen LogP contribution in [0.15, 0.2) is 24.3 Å². The highest BCUT2D eigenvalue weighted by Crippen LogP contribution is 2.28. The van der Waals surface area contributed by atoms with E-state index in [9.17, 15) is 14.4 Å². The zero-order chi connectivity index (χ0) is 16.3. The number of nitrogens with one attached hydrogen (secondary N) is 2. The summed E-state index contributed by atoms with van der Waals surface area (Å²) < 4.78 is 5.29. The first-order chi connectivity index (χ1) is 10.3. The normalized spacial score (nSPS) is 20.1. The maximum Gasteiger partial charge on any atom is 0.339 e. The third-order valence-corrected chi connectivity index (χ3v) is 3.42. The number of hydrogen-bond donors (Lipinski definition) is 2. The topological polar surface area (TPSA) is 84.5 Å². The van der Waals surface area contributed by atoms with Crippen molar-refractivity contribution in [3.8, 4) is 0 Å².